The van der Waals surface area contributed by atoms with Gasteiger partial charge in [-0.2, -0.15) is 5.10 Å². The number of hydrogen-bond acceptors (Lipinski definition) is 5. The summed E-state index contributed by atoms with van der Waals surface area (Å²) in [4.78, 5) is 19.4. The number of carbonyl (C=O) groups is 1. The van der Waals surface area contributed by atoms with E-state index in [1.807, 2.05) is 38.2 Å². The van der Waals surface area contributed by atoms with Crippen LogP contribution in [0.3, 0.4) is 0 Å². The van der Waals surface area contributed by atoms with E-state index in [0.29, 0.717) is 36.9 Å². The van der Waals surface area contributed by atoms with E-state index >= 15 is 0 Å². The van der Waals surface area contributed by atoms with Gasteiger partial charge in [-0.15, -0.1) is 0 Å². The summed E-state index contributed by atoms with van der Waals surface area (Å²) >= 11 is 0. The Labute approximate surface area is 138 Å². The topological polar surface area (TPSA) is 73.4 Å². The van der Waals surface area contributed by atoms with E-state index in [9.17, 15) is 4.79 Å². The number of aromatic nitrogens is 3. The molecule has 1 aliphatic rings. The van der Waals surface area contributed by atoms with E-state index in [4.69, 9.17) is 9.15 Å². The number of nitrogens with zero attached hydrogens (tertiary/aromatic N) is 4. The summed E-state index contributed by atoms with van der Waals surface area (Å²) in [5.41, 5.74) is 1.33. The van der Waals surface area contributed by atoms with E-state index in [0.717, 1.165) is 11.0 Å². The molecule has 0 aliphatic carbocycles. The predicted octanol–water partition coefficient (Wildman–Crippen LogP) is 2.08. The minimum Gasteiger partial charge on any atom is -0.461 e. The highest BCUT2D eigenvalue weighted by atomic mass is 16.5. The lowest BCUT2D eigenvalue weighted by Crippen LogP contribution is -2.44. The first-order valence-electron chi connectivity index (χ1n) is 7.87. The van der Waals surface area contributed by atoms with Crippen LogP contribution in [0.4, 0.5) is 0 Å². The lowest BCUT2D eigenvalue weighted by Gasteiger charge is -2.34. The van der Waals surface area contributed by atoms with Gasteiger partial charge in [-0.05, 0) is 13.0 Å². The Bertz CT molecular complexity index is 898. The van der Waals surface area contributed by atoms with Gasteiger partial charge in [-0.25, -0.2) is 4.98 Å². The van der Waals surface area contributed by atoms with Crippen molar-refractivity contribution in [3.05, 3.63) is 47.7 Å². The smallest absolute Gasteiger partial charge is 0.258 e. The summed E-state index contributed by atoms with van der Waals surface area (Å²) in [7, 11) is 1.82. The molecule has 1 amide bonds. The number of amides is 1. The standard InChI is InChI=1S/C17H18N4O3/c1-11-15(12-5-3-4-6-14(12)24-11)17(22)21-7-8-23-9-13(21)16-18-10-19-20(16)2/h3-6,10,13H,7-9H2,1-2H3. The predicted molar refractivity (Wildman–Crippen MR) is 86.6 cm³/mol. The van der Waals surface area contributed by atoms with Gasteiger partial charge >= 0.3 is 0 Å². The SMILES string of the molecule is Cc1oc2ccccc2c1C(=O)N1CCOCC1c1ncnn1C. The zero-order valence-electron chi connectivity index (χ0n) is 13.6. The molecule has 7 nitrogen and oxygen atoms in total. The summed E-state index contributed by atoms with van der Waals surface area (Å²) in [6, 6.07) is 7.34. The number of furan rings is 1. The largest absolute Gasteiger partial charge is 0.461 e. The summed E-state index contributed by atoms with van der Waals surface area (Å²) in [6.07, 6.45) is 1.49. The van der Waals surface area contributed by atoms with Crippen molar-refractivity contribution in [2.24, 2.45) is 7.05 Å². The second kappa shape index (κ2) is 5.76. The van der Waals surface area contributed by atoms with Gasteiger partial charge in [0, 0.05) is 19.0 Å². The Balaban J connectivity index is 1.76. The maximum absolute atomic E-state index is 13.3. The molecular formula is C17H18N4O3. The summed E-state index contributed by atoms with van der Waals surface area (Å²) in [5, 5.41) is 4.95. The number of morpholine rings is 1. The van der Waals surface area contributed by atoms with Crippen molar-refractivity contribution in [1.82, 2.24) is 19.7 Å². The number of para-hydroxylation sites is 1. The van der Waals surface area contributed by atoms with Crippen LogP contribution in [0.15, 0.2) is 35.0 Å². The third-order valence-corrected chi connectivity index (χ3v) is 4.42. The zero-order chi connectivity index (χ0) is 16.7. The lowest BCUT2D eigenvalue weighted by molar-refractivity contribution is -0.00618. The monoisotopic (exact) mass is 326 g/mol. The van der Waals surface area contributed by atoms with Gasteiger partial charge < -0.3 is 14.1 Å². The quantitative estimate of drug-likeness (QED) is 0.721. The molecule has 1 saturated heterocycles. The summed E-state index contributed by atoms with van der Waals surface area (Å²) in [6.45, 7) is 3.25. The molecule has 0 bridgehead atoms. The molecule has 1 unspecified atom stereocenters. The van der Waals surface area contributed by atoms with Crippen molar-refractivity contribution in [1.29, 1.82) is 0 Å². The normalized spacial score (nSPS) is 18.2. The van der Waals surface area contributed by atoms with Crippen LogP contribution >= 0.6 is 0 Å². The van der Waals surface area contributed by atoms with Crippen molar-refractivity contribution < 1.29 is 13.9 Å². The number of fused-ring (bicyclic) bond motifs is 1. The van der Waals surface area contributed by atoms with Gasteiger partial charge in [0.1, 0.15) is 23.7 Å². The van der Waals surface area contributed by atoms with E-state index in [1.54, 1.807) is 9.58 Å². The van der Waals surface area contributed by atoms with Crippen LogP contribution in [0, 0.1) is 6.92 Å². The van der Waals surface area contributed by atoms with Crippen LogP contribution in [0.2, 0.25) is 0 Å². The number of carbonyl (C=O) groups excluding carboxylic acids is 1. The lowest BCUT2D eigenvalue weighted by atomic mass is 10.1. The molecule has 24 heavy (non-hydrogen) atoms. The first-order chi connectivity index (χ1) is 11.7. The maximum Gasteiger partial charge on any atom is 0.258 e. The Kier molecular flexibility index (Phi) is 3.57. The van der Waals surface area contributed by atoms with E-state index in [1.165, 1.54) is 6.33 Å². The fourth-order valence-corrected chi connectivity index (χ4v) is 3.24. The number of hydrogen-bond donors (Lipinski definition) is 0. The van der Waals surface area contributed by atoms with E-state index in [2.05, 4.69) is 10.1 Å². The molecule has 3 aromatic rings. The number of rotatable bonds is 2. The molecule has 0 N–H and O–H groups in total. The molecule has 4 rings (SSSR count). The highest BCUT2D eigenvalue weighted by molar-refractivity contribution is 6.07. The minimum absolute atomic E-state index is 0.0613. The number of aryl methyl sites for hydroxylation is 2. The average molecular weight is 326 g/mol. The van der Waals surface area contributed by atoms with Crippen LogP contribution in [0.25, 0.3) is 11.0 Å². The second-order valence-corrected chi connectivity index (χ2v) is 5.86. The molecule has 2 aromatic heterocycles. The molecule has 7 heteroatoms. The Morgan fingerprint density at radius 1 is 1.33 bits per heavy atom. The fourth-order valence-electron chi connectivity index (χ4n) is 3.24. The third kappa shape index (κ3) is 2.28. The first-order valence-corrected chi connectivity index (χ1v) is 7.87. The maximum atomic E-state index is 13.3. The Hall–Kier alpha value is -2.67. The molecular weight excluding hydrogens is 308 g/mol. The van der Waals surface area contributed by atoms with Crippen LogP contribution in [-0.2, 0) is 11.8 Å². The molecule has 1 aliphatic heterocycles. The Morgan fingerprint density at radius 3 is 2.96 bits per heavy atom. The van der Waals surface area contributed by atoms with Gasteiger partial charge in [0.25, 0.3) is 5.91 Å². The van der Waals surface area contributed by atoms with E-state index < -0.39 is 0 Å². The van der Waals surface area contributed by atoms with Crippen molar-refractivity contribution in [3.8, 4) is 0 Å². The Morgan fingerprint density at radius 2 is 2.17 bits per heavy atom. The van der Waals surface area contributed by atoms with Crippen LogP contribution < -0.4 is 0 Å². The number of benzene rings is 1. The second-order valence-electron chi connectivity index (χ2n) is 5.86. The van der Waals surface area contributed by atoms with Crippen molar-refractivity contribution >= 4 is 16.9 Å². The van der Waals surface area contributed by atoms with Crippen molar-refractivity contribution in [2.75, 3.05) is 19.8 Å². The molecule has 1 fully saturated rings. The van der Waals surface area contributed by atoms with Gasteiger partial charge in [-0.1, -0.05) is 18.2 Å². The first kappa shape index (κ1) is 14.9. The van der Waals surface area contributed by atoms with Gasteiger partial charge in [-0.3, -0.25) is 9.48 Å². The van der Waals surface area contributed by atoms with Crippen molar-refractivity contribution in [3.63, 3.8) is 0 Å². The minimum atomic E-state index is -0.258. The average Bonchev–Trinajstić information content (AvgIpc) is 3.16. The number of ether oxygens (including phenoxy) is 1. The molecule has 124 valence electrons. The molecule has 1 aromatic carbocycles. The van der Waals surface area contributed by atoms with E-state index in [-0.39, 0.29) is 11.9 Å². The third-order valence-electron chi connectivity index (χ3n) is 4.42. The van der Waals surface area contributed by atoms with Gasteiger partial charge in [0.2, 0.25) is 0 Å². The van der Waals surface area contributed by atoms with Crippen LogP contribution in [-0.4, -0.2) is 45.3 Å². The van der Waals surface area contributed by atoms with Crippen LogP contribution in [0.5, 0.6) is 0 Å². The molecule has 0 radical (unpaired) electrons. The zero-order valence-corrected chi connectivity index (χ0v) is 13.6. The summed E-state index contributed by atoms with van der Waals surface area (Å²) < 4.78 is 13.0. The highest BCUT2D eigenvalue weighted by Gasteiger charge is 2.34. The summed E-state index contributed by atoms with van der Waals surface area (Å²) in [5.74, 6) is 1.28. The van der Waals surface area contributed by atoms with Crippen molar-refractivity contribution in [2.45, 2.75) is 13.0 Å². The molecule has 1 atom stereocenters. The molecule has 3 heterocycles. The fraction of sp³-hybridized carbons (Fsp3) is 0.353. The molecule has 0 spiro atoms. The highest BCUT2D eigenvalue weighted by Crippen LogP contribution is 2.30. The molecule has 0 saturated carbocycles. The van der Waals surface area contributed by atoms with Crippen LogP contribution in [0.1, 0.15) is 28.0 Å². The van der Waals surface area contributed by atoms with Gasteiger partial charge in [0.15, 0.2) is 5.82 Å². The van der Waals surface area contributed by atoms with Gasteiger partial charge in [0.05, 0.1) is 18.8 Å².